The molecule has 2 aromatic heterocycles. The van der Waals surface area contributed by atoms with Crippen LogP contribution >= 0.6 is 46.7 Å². The lowest BCUT2D eigenvalue weighted by molar-refractivity contribution is -0.635. The smallest absolute Gasteiger partial charge is 0.295 e. The summed E-state index contributed by atoms with van der Waals surface area (Å²) in [5.74, 6) is 0. The second-order valence-electron chi connectivity index (χ2n) is 5.82. The van der Waals surface area contributed by atoms with Crippen molar-refractivity contribution < 1.29 is 4.57 Å². The second-order valence-corrected chi connectivity index (χ2v) is 9.92. The molecule has 0 saturated heterocycles. The van der Waals surface area contributed by atoms with Crippen molar-refractivity contribution in [1.29, 1.82) is 0 Å². The fourth-order valence-corrected chi connectivity index (χ4v) is 6.27. The zero-order chi connectivity index (χ0) is 17.6. The molecule has 3 rings (SSSR count). The van der Waals surface area contributed by atoms with Crippen LogP contribution in [-0.2, 0) is 0 Å². The molecule has 0 spiro atoms. The van der Waals surface area contributed by atoms with Gasteiger partial charge in [0.2, 0.25) is 5.69 Å². The van der Waals surface area contributed by atoms with Crippen LogP contribution in [0.4, 0.5) is 0 Å². The Morgan fingerprint density at radius 1 is 1.04 bits per heavy atom. The van der Waals surface area contributed by atoms with Crippen molar-refractivity contribution in [2.24, 2.45) is 0 Å². The zero-order valence-corrected chi connectivity index (χ0v) is 18.0. The number of thiazole rings is 2. The second kappa shape index (κ2) is 6.75. The SMILES string of the molecule is CSc1sc(C)c(C)[n+]1-c1cccc(-n2c(C)c(C)sc2=S)c1C. The molecule has 0 radical (unpaired) electrons. The number of hydrogen-bond donors (Lipinski definition) is 0. The van der Waals surface area contributed by atoms with Gasteiger partial charge in [-0.05, 0) is 64.0 Å². The fourth-order valence-electron chi connectivity index (χ4n) is 2.88. The highest BCUT2D eigenvalue weighted by Gasteiger charge is 2.26. The van der Waals surface area contributed by atoms with E-state index in [1.165, 1.54) is 42.4 Å². The van der Waals surface area contributed by atoms with Crippen LogP contribution in [0.3, 0.4) is 0 Å². The lowest BCUT2D eigenvalue weighted by Crippen LogP contribution is -2.35. The van der Waals surface area contributed by atoms with E-state index < -0.39 is 0 Å². The molecule has 24 heavy (non-hydrogen) atoms. The first-order valence-electron chi connectivity index (χ1n) is 7.72. The molecule has 0 N–H and O–H groups in total. The normalized spacial score (nSPS) is 11.2. The fraction of sp³-hybridized carbons (Fsp3) is 0.333. The van der Waals surface area contributed by atoms with Crippen LogP contribution in [0.15, 0.2) is 22.5 Å². The minimum Gasteiger partial charge on any atom is -0.295 e. The van der Waals surface area contributed by atoms with Crippen LogP contribution in [-0.4, -0.2) is 10.8 Å². The van der Waals surface area contributed by atoms with Gasteiger partial charge in [-0.25, -0.2) is 0 Å². The van der Waals surface area contributed by atoms with E-state index in [9.17, 15) is 0 Å². The maximum Gasteiger partial charge on any atom is 0.303 e. The number of nitrogens with zero attached hydrogens (tertiary/aromatic N) is 2. The van der Waals surface area contributed by atoms with Crippen molar-refractivity contribution in [2.75, 3.05) is 6.26 Å². The molecular formula is C18H21N2S4+. The van der Waals surface area contributed by atoms with Gasteiger partial charge in [0.15, 0.2) is 9.65 Å². The number of benzene rings is 1. The van der Waals surface area contributed by atoms with Gasteiger partial charge in [-0.2, -0.15) is 0 Å². The number of aromatic nitrogens is 2. The van der Waals surface area contributed by atoms with Crippen molar-refractivity contribution in [2.45, 2.75) is 39.0 Å². The summed E-state index contributed by atoms with van der Waals surface area (Å²) in [6.45, 7) is 10.9. The van der Waals surface area contributed by atoms with Gasteiger partial charge in [-0.1, -0.05) is 17.4 Å². The molecule has 0 aliphatic rings. The highest BCUT2D eigenvalue weighted by Crippen LogP contribution is 2.29. The Morgan fingerprint density at radius 2 is 1.75 bits per heavy atom. The third-order valence-corrected chi connectivity index (χ3v) is 8.10. The van der Waals surface area contributed by atoms with Gasteiger partial charge < -0.3 is 0 Å². The van der Waals surface area contributed by atoms with Gasteiger partial charge in [0.25, 0.3) is 0 Å². The van der Waals surface area contributed by atoms with Gasteiger partial charge >= 0.3 is 4.34 Å². The number of aryl methyl sites for hydroxylation is 2. The third-order valence-electron chi connectivity index (χ3n) is 4.47. The van der Waals surface area contributed by atoms with Crippen LogP contribution in [0.25, 0.3) is 11.4 Å². The van der Waals surface area contributed by atoms with E-state index in [0.29, 0.717) is 0 Å². The zero-order valence-electron chi connectivity index (χ0n) is 14.8. The van der Waals surface area contributed by atoms with Crippen molar-refractivity contribution in [3.05, 3.63) is 48.9 Å². The molecule has 126 valence electrons. The van der Waals surface area contributed by atoms with Crippen molar-refractivity contribution in [1.82, 2.24) is 4.57 Å². The molecule has 2 heterocycles. The first kappa shape index (κ1) is 17.9. The Kier molecular flexibility index (Phi) is 5.02. The van der Waals surface area contributed by atoms with Gasteiger partial charge in [-0.3, -0.25) is 4.57 Å². The summed E-state index contributed by atoms with van der Waals surface area (Å²) in [4.78, 5) is 2.65. The molecule has 6 heteroatoms. The first-order valence-corrected chi connectivity index (χ1v) is 11.0. The Bertz CT molecular complexity index is 976. The third kappa shape index (κ3) is 2.79. The number of thioether (sulfide) groups is 1. The minimum absolute atomic E-state index is 0.915. The predicted octanol–water partition coefficient (Wildman–Crippen LogP) is 5.87. The van der Waals surface area contributed by atoms with Gasteiger partial charge in [0, 0.05) is 29.1 Å². The average Bonchev–Trinajstić information content (AvgIpc) is 2.97. The summed E-state index contributed by atoms with van der Waals surface area (Å²) in [7, 11) is 0. The van der Waals surface area contributed by atoms with Crippen LogP contribution in [0.1, 0.15) is 26.7 Å². The molecule has 0 amide bonds. The Hall–Kier alpha value is -0.950. The highest BCUT2D eigenvalue weighted by molar-refractivity contribution is 8.00. The highest BCUT2D eigenvalue weighted by atomic mass is 32.2. The summed E-state index contributed by atoms with van der Waals surface area (Å²) in [5.41, 5.74) is 6.23. The monoisotopic (exact) mass is 393 g/mol. The van der Waals surface area contributed by atoms with E-state index in [2.05, 4.69) is 68.2 Å². The molecule has 0 bridgehead atoms. The van der Waals surface area contributed by atoms with Gasteiger partial charge in [0.05, 0.1) is 10.6 Å². The van der Waals surface area contributed by atoms with Gasteiger partial charge in [-0.15, -0.1) is 15.9 Å². The number of rotatable bonds is 3. The summed E-state index contributed by atoms with van der Waals surface area (Å²) in [6, 6.07) is 6.51. The van der Waals surface area contributed by atoms with Crippen molar-refractivity contribution in [3.8, 4) is 11.4 Å². The molecular weight excluding hydrogens is 372 g/mol. The van der Waals surface area contributed by atoms with Crippen LogP contribution in [0.2, 0.25) is 0 Å². The Labute approximate surface area is 160 Å². The van der Waals surface area contributed by atoms with E-state index in [1.54, 1.807) is 23.1 Å². The van der Waals surface area contributed by atoms with Gasteiger partial charge in [0.1, 0.15) is 0 Å². The van der Waals surface area contributed by atoms with E-state index >= 15 is 0 Å². The van der Waals surface area contributed by atoms with Crippen LogP contribution < -0.4 is 4.57 Å². The summed E-state index contributed by atoms with van der Waals surface area (Å²) >= 11 is 11.0. The molecule has 0 aliphatic heterocycles. The van der Waals surface area contributed by atoms with Crippen molar-refractivity contribution >= 4 is 46.7 Å². The predicted molar refractivity (Wildman–Crippen MR) is 109 cm³/mol. The lowest BCUT2D eigenvalue weighted by Gasteiger charge is -2.11. The van der Waals surface area contributed by atoms with Crippen LogP contribution in [0, 0.1) is 38.6 Å². The molecule has 0 unspecified atom stereocenters. The Balaban J connectivity index is 2.30. The summed E-state index contributed by atoms with van der Waals surface area (Å²) in [5, 5.41) is 0. The molecule has 2 nitrogen and oxygen atoms in total. The van der Waals surface area contributed by atoms with E-state index in [0.717, 1.165) is 3.95 Å². The topological polar surface area (TPSA) is 8.81 Å². The minimum atomic E-state index is 0.915. The summed E-state index contributed by atoms with van der Waals surface area (Å²) in [6.07, 6.45) is 2.14. The van der Waals surface area contributed by atoms with Crippen LogP contribution in [0.5, 0.6) is 0 Å². The molecule has 3 aromatic rings. The molecule has 1 aromatic carbocycles. The quantitative estimate of drug-likeness (QED) is 0.312. The largest absolute Gasteiger partial charge is 0.303 e. The van der Waals surface area contributed by atoms with Crippen molar-refractivity contribution in [3.63, 3.8) is 0 Å². The first-order chi connectivity index (χ1) is 11.4. The maximum atomic E-state index is 5.61. The Morgan fingerprint density at radius 3 is 2.33 bits per heavy atom. The molecule has 0 saturated carbocycles. The molecule has 0 atom stereocenters. The molecule has 0 fully saturated rings. The standard InChI is InChI=1S/C18H21N2S4/c1-10-15(19-11(2)13(4)23-17(19)21)8-7-9-16(10)20-12(3)14(5)24-18(20)22-6/h7-9H,1-6H3/q+1. The molecule has 0 aliphatic carbocycles. The number of hydrogen-bond acceptors (Lipinski definition) is 4. The summed E-state index contributed by atoms with van der Waals surface area (Å²) < 4.78 is 6.81. The average molecular weight is 394 g/mol. The van der Waals surface area contributed by atoms with E-state index in [1.807, 2.05) is 11.3 Å². The lowest BCUT2D eigenvalue weighted by atomic mass is 10.1. The maximum absolute atomic E-state index is 5.61. The van der Waals surface area contributed by atoms with E-state index in [-0.39, 0.29) is 0 Å². The van der Waals surface area contributed by atoms with E-state index in [4.69, 9.17) is 12.2 Å².